The number of amides is 7. The number of hydrogen-bond acceptors (Lipinski definition) is 31. The van der Waals surface area contributed by atoms with Crippen LogP contribution in [0.2, 0.25) is 0 Å². The van der Waals surface area contributed by atoms with Crippen molar-refractivity contribution in [2.45, 2.75) is 149 Å². The van der Waals surface area contributed by atoms with E-state index in [9.17, 15) is 63.9 Å². The van der Waals surface area contributed by atoms with E-state index in [0.29, 0.717) is 127 Å². The number of aromatic amines is 1. The molecule has 5 aliphatic heterocycles. The summed E-state index contributed by atoms with van der Waals surface area (Å²) in [7, 11) is 11.2. The summed E-state index contributed by atoms with van der Waals surface area (Å²) in [6, 6.07) is 3.12. The van der Waals surface area contributed by atoms with E-state index in [2.05, 4.69) is 57.5 Å². The number of likely N-dealkylation sites (N-methyl/N-ethyl adjacent to an activating group) is 1. The normalized spacial score (nSPS) is 24.9. The predicted molar refractivity (Wildman–Crippen MR) is 449 cm³/mol. The molecule has 2 saturated heterocycles. The molecule has 4 unspecified atom stereocenters. The number of aliphatic hydroxyl groups excluding tert-OH is 1. The van der Waals surface area contributed by atoms with Gasteiger partial charge in [0.25, 0.3) is 5.91 Å². The molecule has 6 aliphatic rings. The maximum absolute atomic E-state index is 15.7. The summed E-state index contributed by atoms with van der Waals surface area (Å²) in [6.07, 6.45) is 1.62. The lowest BCUT2D eigenvalue weighted by molar-refractivity contribution is -0.207. The number of fused-ring (bicyclic) bond motifs is 6. The van der Waals surface area contributed by atoms with E-state index in [1.54, 1.807) is 21.3 Å². The van der Waals surface area contributed by atoms with Crippen LogP contribution in [0.4, 0.5) is 5.69 Å². The van der Waals surface area contributed by atoms with E-state index < -0.39 is 155 Å². The molecule has 15 atom stereocenters. The minimum Gasteiger partial charge on any atom is -0.496 e. The van der Waals surface area contributed by atoms with Crippen LogP contribution in [0.5, 0.6) is 5.75 Å². The first-order valence-electron chi connectivity index (χ1n) is 41.6. The molecule has 2 bridgehead atoms. The lowest BCUT2D eigenvalue weighted by atomic mass is 9.47. The number of carboxylic acid groups (broad SMARTS) is 2. The molecule has 9 rings (SSSR count). The van der Waals surface area contributed by atoms with Crippen LogP contribution in [-0.4, -0.2) is 359 Å². The quantitative estimate of drug-likeness (QED) is 0.00815. The van der Waals surface area contributed by atoms with Crippen molar-refractivity contribution in [3.63, 3.8) is 0 Å². The Bertz CT molecular complexity index is 4100. The maximum atomic E-state index is 15.7. The average molecular weight is 1770 g/mol. The van der Waals surface area contributed by atoms with Gasteiger partial charge in [0.15, 0.2) is 5.60 Å². The zero-order valence-electron chi connectivity index (χ0n) is 71.5. The Morgan fingerprint density at radius 2 is 1.25 bits per heavy atom. The Labute approximate surface area is 723 Å². The summed E-state index contributed by atoms with van der Waals surface area (Å²) in [5.74, 6) is -10.3. The fourth-order valence-corrected chi connectivity index (χ4v) is 20.1. The van der Waals surface area contributed by atoms with Gasteiger partial charge in [-0.15, -0.1) is 0 Å². The molecule has 3 fully saturated rings. The number of nitrogens with zero attached hydrogens (tertiary/aromatic N) is 3. The Kier molecular flexibility index (Phi) is 37.8. The highest BCUT2D eigenvalue weighted by molar-refractivity contribution is 8.76. The van der Waals surface area contributed by atoms with Gasteiger partial charge in [-0.1, -0.05) is 65.8 Å². The van der Waals surface area contributed by atoms with E-state index in [1.807, 2.05) is 67.3 Å². The van der Waals surface area contributed by atoms with Gasteiger partial charge in [-0.3, -0.25) is 58.4 Å². The largest absolute Gasteiger partial charge is 0.496 e. The van der Waals surface area contributed by atoms with Crippen molar-refractivity contribution >= 4 is 97.4 Å². The number of piperidine rings is 1. The number of methoxy groups -OCH3 is 5. The first-order valence-corrected chi connectivity index (χ1v) is 44.1. The van der Waals surface area contributed by atoms with E-state index in [4.69, 9.17) is 56.8 Å². The van der Waals surface area contributed by atoms with Gasteiger partial charge in [0.1, 0.15) is 41.4 Å². The van der Waals surface area contributed by atoms with Crippen molar-refractivity contribution in [2.75, 3.05) is 204 Å². The van der Waals surface area contributed by atoms with Crippen molar-refractivity contribution in [1.82, 2.24) is 57.5 Å². The number of hydrogen-bond donors (Lipinski definition) is 14. The van der Waals surface area contributed by atoms with Crippen LogP contribution >= 0.6 is 21.6 Å². The number of esters is 1. The molecular weight excluding hydrogens is 1650 g/mol. The molecule has 6 heterocycles. The van der Waals surface area contributed by atoms with Gasteiger partial charge >= 0.3 is 17.9 Å². The second-order valence-corrected chi connectivity index (χ2v) is 34.0. The molecule has 39 nitrogen and oxygen atoms in total. The first kappa shape index (κ1) is 98.9. The highest BCUT2D eigenvalue weighted by Crippen LogP contribution is 2.68. The predicted octanol–water partition coefficient (Wildman–Crippen LogP) is -0.881. The van der Waals surface area contributed by atoms with Crippen LogP contribution in [0.25, 0.3) is 10.9 Å². The molecule has 14 N–H and O–H groups in total. The molecule has 686 valence electrons. The monoisotopic (exact) mass is 1770 g/mol. The van der Waals surface area contributed by atoms with Gasteiger partial charge in [-0.2, -0.15) is 5.43 Å². The Morgan fingerprint density at radius 3 is 1.82 bits per heavy atom. The molecule has 1 saturated carbocycles. The van der Waals surface area contributed by atoms with Gasteiger partial charge in [-0.25, -0.2) is 4.79 Å². The summed E-state index contributed by atoms with van der Waals surface area (Å²) in [6.45, 7) is 9.74. The molecule has 1 aromatic heterocycles. The smallest absolute Gasteiger partial charge is 0.327 e. The molecular formula is C82H124N12O27S2. The van der Waals surface area contributed by atoms with Crippen molar-refractivity contribution in [3.05, 3.63) is 70.9 Å². The van der Waals surface area contributed by atoms with Crippen molar-refractivity contribution < 1.29 is 130 Å². The summed E-state index contributed by atoms with van der Waals surface area (Å²) in [5, 5.41) is 74.9. The Morgan fingerprint density at radius 1 is 0.667 bits per heavy atom. The molecule has 123 heavy (non-hydrogen) atoms. The minimum atomic E-state index is -2.62. The van der Waals surface area contributed by atoms with E-state index in [0.717, 1.165) is 50.5 Å². The Balaban J connectivity index is 0.857. The molecule has 1 spiro atoms. The van der Waals surface area contributed by atoms with Crippen LogP contribution in [0.1, 0.15) is 94.5 Å². The van der Waals surface area contributed by atoms with Crippen LogP contribution in [0, 0.1) is 11.3 Å². The molecule has 1 aliphatic carbocycles. The summed E-state index contributed by atoms with van der Waals surface area (Å²) < 4.78 is 66.5. The molecule has 41 heteroatoms. The number of H-pyrrole nitrogens is 1. The van der Waals surface area contributed by atoms with Gasteiger partial charge in [0.2, 0.25) is 41.9 Å². The summed E-state index contributed by atoms with van der Waals surface area (Å²) >= 11 is 0. The summed E-state index contributed by atoms with van der Waals surface area (Å²) in [5.41, 5.74) is 2.05. The number of ether oxygens (including phenoxy) is 12. The standard InChI is InChI=1S/C82H124N12O27S2/c1-10-78(108)44-52-45-81(76(107)113-8,67-54(17-23-93(48-52)50-78)53-15-12-13-16-57(53)86-67)56-41-55-62(43-63(56)112-7)92(4)73-80(55)21-24-94-22-14-20-79(11-2,72(80)94)74(105)82(73,109)75(106)90-91-77(114-9)121-39-40-122-123-49-61(71(103)104)89-70(102)60(47-84-65(97)19-26-116-32-34-120-38-36-118-30-28-111-6)88-68(100)58(42-66(98)99)87-69(101)59(85-51(3)95)46-83-64(96)18-25-115-31-33-119-37-35-117-29-27-110-5/h12-16,20,41,43,52,58-61,72-74,77,86,91,105,108-109H,10-11,17-19,21-40,42,44-50H2,1-9H3,(H,83,96)(H,84,97)(H,85,95)(H,87,101)(H,88,100)(H,89,102)(H,90,106)(H,98,99)(H,103,104)/t52?,58-,59-,60-,61?,72-,73+,74+,77?,78-,79+,80+,81-,82-/m0/s1. The number of benzene rings is 2. The van der Waals surface area contributed by atoms with Gasteiger partial charge in [-0.05, 0) is 74.2 Å². The fourth-order valence-electron chi connectivity index (χ4n) is 18.1. The molecule has 7 amide bonds. The lowest BCUT2D eigenvalue weighted by Crippen LogP contribution is -2.82. The first-order chi connectivity index (χ1) is 59.1. The van der Waals surface area contributed by atoms with Crippen LogP contribution in [0.3, 0.4) is 0 Å². The number of nitrogens with one attached hydrogen (secondary N) is 9. The number of hydrazine groups is 1. The summed E-state index contributed by atoms with van der Waals surface area (Å²) in [4.78, 5) is 147. The zero-order chi connectivity index (χ0) is 89.1. The van der Waals surface area contributed by atoms with Crippen molar-refractivity contribution in [2.24, 2.45) is 11.3 Å². The van der Waals surface area contributed by atoms with E-state index >= 15 is 9.59 Å². The second-order valence-electron chi connectivity index (χ2n) is 31.4. The van der Waals surface area contributed by atoms with Gasteiger partial charge in [0.05, 0.1) is 131 Å². The number of anilines is 1. The highest BCUT2D eigenvalue weighted by Gasteiger charge is 2.79. The van der Waals surface area contributed by atoms with Crippen LogP contribution in [-0.2, 0) is 117 Å². The van der Waals surface area contributed by atoms with Crippen molar-refractivity contribution in [3.8, 4) is 5.75 Å². The third kappa shape index (κ3) is 24.1. The minimum absolute atomic E-state index is 0.0445. The van der Waals surface area contributed by atoms with Crippen LogP contribution in [0.15, 0.2) is 48.6 Å². The molecule has 2 aromatic carbocycles. The van der Waals surface area contributed by atoms with Gasteiger partial charge in [0, 0.05) is 150 Å². The third-order valence-corrected chi connectivity index (χ3v) is 26.1. The topological polar surface area (TPSA) is 504 Å². The number of aliphatic hydroxyl groups is 3. The fraction of sp³-hybridized carbons (Fsp3) is 0.683. The maximum Gasteiger partial charge on any atom is 0.327 e. The number of aromatic nitrogens is 1. The molecule has 3 aromatic rings. The average Bonchev–Trinajstić information content (AvgIpc) is 1.49. The van der Waals surface area contributed by atoms with Crippen molar-refractivity contribution in [1.29, 1.82) is 0 Å². The number of carbonyl (C=O) groups is 10. The SMILES string of the molecule is CC[C@]1(O)CC2CN(CCc3c([nH]c4ccccc34)[C@@](C(=O)OC)(c3cc4c(cc3OC)N(C)[C@H]3[C@@](O)(C(=O)NNC(OC)OCCSSCC(NC(=O)[C@H](CNC(=O)CCOCCOCCOCCOC)NC(=O)[C@H](CC(=O)O)NC(=O)[C@H](CNC(=O)CCOCCOCCOCCOC)NC(C)=O)C(=O)O)[C@H](O)[C@]5(CC)C=CCN6CC[C@]43[C@@H]65)C2)C1. The number of carbonyl (C=O) groups excluding carboxylic acids is 8. The number of para-hydroxylation sites is 1. The second kappa shape index (κ2) is 47.1. The zero-order valence-corrected chi connectivity index (χ0v) is 73.2. The molecule has 0 radical (unpaired) electrons. The lowest BCUT2D eigenvalue weighted by Gasteiger charge is -2.63. The van der Waals surface area contributed by atoms with Crippen LogP contribution < -0.4 is 52.4 Å². The number of aliphatic carboxylic acids is 2. The Hall–Kier alpha value is -7.92. The van der Waals surface area contributed by atoms with E-state index in [1.165, 1.54) is 21.3 Å². The van der Waals surface area contributed by atoms with E-state index in [-0.39, 0.29) is 96.0 Å². The number of rotatable bonds is 54. The van der Waals surface area contributed by atoms with Gasteiger partial charge < -0.3 is 124 Å². The number of carboxylic acids is 2. The third-order valence-electron chi connectivity index (χ3n) is 23.7. The highest BCUT2D eigenvalue weighted by atomic mass is 33.1.